The lowest BCUT2D eigenvalue weighted by Gasteiger charge is -2.13. The van der Waals surface area contributed by atoms with Crippen molar-refractivity contribution < 1.29 is 14.3 Å². The molecule has 5 heteroatoms. The van der Waals surface area contributed by atoms with Crippen LogP contribution in [-0.4, -0.2) is 24.0 Å². The number of aromatic nitrogens is 1. The summed E-state index contributed by atoms with van der Waals surface area (Å²) in [6.07, 6.45) is 1.26. The number of ether oxygens (including phenoxy) is 1. The number of hydrogen-bond donors (Lipinski definition) is 2. The van der Waals surface area contributed by atoms with Gasteiger partial charge in [0, 0.05) is 22.3 Å². The lowest BCUT2D eigenvalue weighted by molar-refractivity contribution is -0.111. The van der Waals surface area contributed by atoms with Gasteiger partial charge in [-0.2, -0.15) is 0 Å². The van der Waals surface area contributed by atoms with Crippen molar-refractivity contribution in [2.45, 2.75) is 13.8 Å². The second-order valence-electron chi connectivity index (χ2n) is 7.64. The summed E-state index contributed by atoms with van der Waals surface area (Å²) in [6.45, 7) is 7.60. The van der Waals surface area contributed by atoms with Crippen LogP contribution in [0, 0.1) is 13.8 Å². The Hall–Kier alpha value is -4.12. The highest BCUT2D eigenvalue weighted by Crippen LogP contribution is 2.37. The normalized spacial score (nSPS) is 10.7. The van der Waals surface area contributed by atoms with Crippen LogP contribution in [0.4, 0.5) is 5.69 Å². The first kappa shape index (κ1) is 21.1. The van der Waals surface area contributed by atoms with Crippen molar-refractivity contribution in [2.24, 2.45) is 0 Å². The molecule has 1 aromatic heterocycles. The number of methoxy groups -OCH3 is 1. The van der Waals surface area contributed by atoms with Gasteiger partial charge in [-0.1, -0.05) is 43.0 Å². The number of nitrogens with one attached hydrogen (secondary N) is 2. The summed E-state index contributed by atoms with van der Waals surface area (Å²) in [5.74, 6) is -0.594. The molecule has 0 unspecified atom stereocenters. The van der Waals surface area contributed by atoms with E-state index in [2.05, 4.69) is 48.1 Å². The maximum Gasteiger partial charge on any atom is 0.337 e. The van der Waals surface area contributed by atoms with Crippen LogP contribution in [0.1, 0.15) is 21.5 Å². The van der Waals surface area contributed by atoms with Crippen molar-refractivity contribution in [1.82, 2.24) is 4.98 Å². The van der Waals surface area contributed by atoms with E-state index in [0.29, 0.717) is 5.56 Å². The number of carbonyl (C=O) groups is 2. The Morgan fingerprint density at radius 1 is 1.00 bits per heavy atom. The zero-order valence-electron chi connectivity index (χ0n) is 18.3. The van der Waals surface area contributed by atoms with Gasteiger partial charge in [-0.3, -0.25) is 4.79 Å². The van der Waals surface area contributed by atoms with Crippen molar-refractivity contribution in [3.8, 4) is 22.4 Å². The van der Waals surface area contributed by atoms with Crippen LogP contribution < -0.4 is 5.32 Å². The Bertz CT molecular complexity index is 1350. The number of amides is 1. The zero-order valence-corrected chi connectivity index (χ0v) is 18.3. The summed E-state index contributed by atoms with van der Waals surface area (Å²) >= 11 is 0. The molecular weight excluding hydrogens is 400 g/mol. The molecule has 0 aliphatic heterocycles. The summed E-state index contributed by atoms with van der Waals surface area (Å²) < 4.78 is 4.78. The van der Waals surface area contributed by atoms with Gasteiger partial charge in [0.25, 0.3) is 0 Å². The molecule has 0 saturated carbocycles. The Kier molecular flexibility index (Phi) is 5.65. The molecule has 4 rings (SSSR count). The summed E-state index contributed by atoms with van der Waals surface area (Å²) in [5.41, 5.74) is 8.49. The van der Waals surface area contributed by atoms with Gasteiger partial charge in [0.2, 0.25) is 5.91 Å². The third-order valence-corrected chi connectivity index (χ3v) is 5.69. The number of esters is 1. The second kappa shape index (κ2) is 8.55. The lowest BCUT2D eigenvalue weighted by Crippen LogP contribution is -2.08. The summed E-state index contributed by atoms with van der Waals surface area (Å²) in [4.78, 5) is 27.1. The third-order valence-electron chi connectivity index (χ3n) is 5.69. The number of aromatic amines is 1. The summed E-state index contributed by atoms with van der Waals surface area (Å²) in [7, 11) is 1.37. The van der Waals surface area contributed by atoms with E-state index in [4.69, 9.17) is 4.74 Å². The van der Waals surface area contributed by atoms with E-state index >= 15 is 0 Å². The quantitative estimate of drug-likeness (QED) is 0.303. The number of benzene rings is 3. The fraction of sp³-hybridized carbons (Fsp3) is 0.111. The van der Waals surface area contributed by atoms with E-state index < -0.39 is 0 Å². The van der Waals surface area contributed by atoms with E-state index in [0.717, 1.165) is 50.1 Å². The third kappa shape index (κ3) is 3.81. The van der Waals surface area contributed by atoms with Gasteiger partial charge in [0.1, 0.15) is 0 Å². The number of hydrogen-bond acceptors (Lipinski definition) is 3. The Morgan fingerprint density at radius 3 is 2.44 bits per heavy atom. The monoisotopic (exact) mass is 424 g/mol. The van der Waals surface area contributed by atoms with Crippen LogP contribution in [0.15, 0.2) is 73.3 Å². The highest BCUT2D eigenvalue weighted by Gasteiger charge is 2.15. The van der Waals surface area contributed by atoms with Gasteiger partial charge in [0.15, 0.2) is 0 Å². The van der Waals surface area contributed by atoms with Crippen LogP contribution in [0.5, 0.6) is 0 Å². The van der Waals surface area contributed by atoms with Crippen molar-refractivity contribution in [2.75, 3.05) is 12.4 Å². The molecule has 160 valence electrons. The van der Waals surface area contributed by atoms with E-state index in [-0.39, 0.29) is 11.9 Å². The molecule has 0 bridgehead atoms. The fourth-order valence-corrected chi connectivity index (χ4v) is 3.90. The van der Waals surface area contributed by atoms with Gasteiger partial charge in [0.05, 0.1) is 12.7 Å². The molecule has 0 aliphatic rings. The SMILES string of the molecule is C=CC(=O)Nc1cccc(-c2ccc(C)c3[nH]c(-c4ccc(C(=O)OC)cc4)cc23)c1C. The largest absolute Gasteiger partial charge is 0.465 e. The minimum atomic E-state index is -0.356. The molecule has 0 aliphatic carbocycles. The van der Waals surface area contributed by atoms with Gasteiger partial charge >= 0.3 is 5.97 Å². The summed E-state index contributed by atoms with van der Waals surface area (Å²) in [5, 5.41) is 3.97. The van der Waals surface area contributed by atoms with Crippen LogP contribution in [0.3, 0.4) is 0 Å². The molecule has 0 saturated heterocycles. The fourth-order valence-electron chi connectivity index (χ4n) is 3.90. The Labute approximate surface area is 186 Å². The standard InChI is InChI=1S/C27H24N2O3/c1-5-25(30)28-23-8-6-7-20(17(23)3)21-14-9-16(2)26-22(21)15-24(29-26)18-10-12-19(13-11-18)27(31)32-4/h5-15,29H,1H2,2-4H3,(H,28,30). The van der Waals surface area contributed by atoms with E-state index in [1.54, 1.807) is 12.1 Å². The molecule has 4 aromatic rings. The average molecular weight is 425 g/mol. The van der Waals surface area contributed by atoms with Crippen LogP contribution in [0.2, 0.25) is 0 Å². The lowest BCUT2D eigenvalue weighted by atomic mass is 9.95. The van der Waals surface area contributed by atoms with Gasteiger partial charge < -0.3 is 15.0 Å². The topological polar surface area (TPSA) is 71.2 Å². The van der Waals surface area contributed by atoms with Crippen LogP contribution in [0.25, 0.3) is 33.3 Å². The molecule has 3 aromatic carbocycles. The number of anilines is 1. The molecular formula is C27H24N2O3. The number of H-pyrrole nitrogens is 1. The first-order valence-electron chi connectivity index (χ1n) is 10.3. The maximum atomic E-state index is 11.8. The van der Waals surface area contributed by atoms with E-state index in [9.17, 15) is 9.59 Å². The van der Waals surface area contributed by atoms with Gasteiger partial charge in [-0.05, 0) is 72.0 Å². The van der Waals surface area contributed by atoms with Crippen LogP contribution in [-0.2, 0) is 9.53 Å². The number of carbonyl (C=O) groups excluding carboxylic acids is 2. The minimum absolute atomic E-state index is 0.237. The van der Waals surface area contributed by atoms with Gasteiger partial charge in [-0.15, -0.1) is 0 Å². The van der Waals surface area contributed by atoms with Crippen molar-refractivity contribution in [1.29, 1.82) is 0 Å². The molecule has 0 radical (unpaired) electrons. The zero-order chi connectivity index (χ0) is 22.8. The average Bonchev–Trinajstić information content (AvgIpc) is 3.27. The van der Waals surface area contributed by atoms with E-state index in [1.807, 2.05) is 31.2 Å². The predicted molar refractivity (Wildman–Crippen MR) is 129 cm³/mol. The minimum Gasteiger partial charge on any atom is -0.465 e. The molecule has 0 atom stereocenters. The van der Waals surface area contributed by atoms with E-state index in [1.165, 1.54) is 13.2 Å². The maximum absolute atomic E-state index is 11.8. The smallest absolute Gasteiger partial charge is 0.337 e. The molecule has 1 amide bonds. The Morgan fingerprint density at radius 2 is 1.75 bits per heavy atom. The molecule has 5 nitrogen and oxygen atoms in total. The van der Waals surface area contributed by atoms with Crippen LogP contribution >= 0.6 is 0 Å². The molecule has 1 heterocycles. The number of aryl methyl sites for hydroxylation is 1. The molecule has 0 fully saturated rings. The van der Waals surface area contributed by atoms with Gasteiger partial charge in [-0.25, -0.2) is 4.79 Å². The van der Waals surface area contributed by atoms with Crippen molar-refractivity contribution in [3.63, 3.8) is 0 Å². The first-order valence-corrected chi connectivity index (χ1v) is 10.3. The highest BCUT2D eigenvalue weighted by molar-refractivity contribution is 6.03. The van der Waals surface area contributed by atoms with Crippen molar-refractivity contribution in [3.05, 3.63) is 90.0 Å². The predicted octanol–water partition coefficient (Wildman–Crippen LogP) is 6.03. The second-order valence-corrected chi connectivity index (χ2v) is 7.64. The molecule has 0 spiro atoms. The molecule has 2 N–H and O–H groups in total. The number of rotatable bonds is 5. The number of fused-ring (bicyclic) bond motifs is 1. The summed E-state index contributed by atoms with van der Waals surface area (Å²) in [6, 6.07) is 19.5. The molecule has 32 heavy (non-hydrogen) atoms. The Balaban J connectivity index is 1.82. The highest BCUT2D eigenvalue weighted by atomic mass is 16.5. The first-order chi connectivity index (χ1) is 15.4. The van der Waals surface area contributed by atoms with Crippen molar-refractivity contribution >= 4 is 28.5 Å².